The molecule has 2 heterocycles. The summed E-state index contributed by atoms with van der Waals surface area (Å²) in [6.07, 6.45) is 0. The average molecular weight is 354 g/mol. The molecule has 3 aromatic rings. The van der Waals surface area contributed by atoms with Gasteiger partial charge < -0.3 is 0 Å². The number of hydrogen-bond acceptors (Lipinski definition) is 2. The highest BCUT2D eigenvalue weighted by molar-refractivity contribution is 6.16. The number of aromatic nitrogens is 1. The Kier molecular flexibility index (Phi) is 3.48. The van der Waals surface area contributed by atoms with Crippen molar-refractivity contribution in [1.29, 1.82) is 0 Å². The zero-order valence-electron chi connectivity index (χ0n) is 14.6. The fourth-order valence-corrected chi connectivity index (χ4v) is 3.40. The van der Waals surface area contributed by atoms with Crippen molar-refractivity contribution in [2.24, 2.45) is 4.99 Å². The van der Waals surface area contributed by atoms with Crippen LogP contribution in [0.1, 0.15) is 36.2 Å². The molecule has 2 nitrogen and oxygen atoms in total. The molecule has 0 bridgehead atoms. The lowest BCUT2D eigenvalue weighted by molar-refractivity contribution is -0.0681. The van der Waals surface area contributed by atoms with Crippen molar-refractivity contribution in [2.75, 3.05) is 0 Å². The van der Waals surface area contributed by atoms with E-state index in [-0.39, 0.29) is 11.1 Å². The molecule has 26 heavy (non-hydrogen) atoms. The summed E-state index contributed by atoms with van der Waals surface area (Å²) in [6.45, 7) is 4.59. The maximum absolute atomic E-state index is 14.9. The third-order valence-electron chi connectivity index (χ3n) is 4.92. The Balaban J connectivity index is 2.03. The summed E-state index contributed by atoms with van der Waals surface area (Å²) >= 11 is 0. The highest BCUT2D eigenvalue weighted by Gasteiger charge is 2.52. The maximum atomic E-state index is 14.9. The van der Waals surface area contributed by atoms with Gasteiger partial charge in [0.25, 0.3) is 5.92 Å². The van der Waals surface area contributed by atoms with Crippen LogP contribution in [0, 0.1) is 12.7 Å². The molecule has 1 aliphatic rings. The third-order valence-corrected chi connectivity index (χ3v) is 4.92. The molecule has 0 saturated heterocycles. The lowest BCUT2D eigenvalue weighted by atomic mass is 9.81. The van der Waals surface area contributed by atoms with Gasteiger partial charge in [-0.2, -0.15) is 8.78 Å². The predicted molar refractivity (Wildman–Crippen MR) is 96.5 cm³/mol. The number of hydrogen-bond donors (Lipinski definition) is 0. The Morgan fingerprint density at radius 3 is 2.42 bits per heavy atom. The van der Waals surface area contributed by atoms with E-state index in [4.69, 9.17) is 0 Å². The fraction of sp³-hybridized carbons (Fsp3) is 0.238. The van der Waals surface area contributed by atoms with Gasteiger partial charge in [0.2, 0.25) is 0 Å². The number of halogens is 3. The van der Waals surface area contributed by atoms with Crippen LogP contribution < -0.4 is 0 Å². The molecular weight excluding hydrogens is 337 g/mol. The third kappa shape index (κ3) is 2.26. The van der Waals surface area contributed by atoms with Crippen LogP contribution in [0.2, 0.25) is 0 Å². The normalized spacial score (nSPS) is 17.7. The van der Waals surface area contributed by atoms with Gasteiger partial charge in [0, 0.05) is 27.8 Å². The Bertz CT molecular complexity index is 1070. The number of rotatable bonds is 1. The van der Waals surface area contributed by atoms with Crippen molar-refractivity contribution in [3.05, 3.63) is 76.7 Å². The van der Waals surface area contributed by atoms with Crippen LogP contribution in [-0.2, 0) is 5.92 Å². The van der Waals surface area contributed by atoms with Gasteiger partial charge in [-0.25, -0.2) is 9.37 Å². The Morgan fingerprint density at radius 1 is 0.923 bits per heavy atom. The molecule has 0 N–H and O–H groups in total. The molecule has 0 atom stereocenters. The molecule has 0 amide bonds. The number of aryl methyl sites for hydroxylation is 1. The summed E-state index contributed by atoms with van der Waals surface area (Å²) in [5.41, 5.74) is 0.665. The van der Waals surface area contributed by atoms with Crippen molar-refractivity contribution >= 4 is 16.6 Å². The minimum Gasteiger partial charge on any atom is -0.271 e. The van der Waals surface area contributed by atoms with Crippen LogP contribution in [0.5, 0.6) is 0 Å². The van der Waals surface area contributed by atoms with Crippen LogP contribution in [-0.4, -0.2) is 16.2 Å². The van der Waals surface area contributed by atoms with Gasteiger partial charge in [-0.15, -0.1) is 0 Å². The molecule has 132 valence electrons. The zero-order chi connectivity index (χ0) is 18.7. The van der Waals surface area contributed by atoms with Gasteiger partial charge in [0.15, 0.2) is 0 Å². The number of alkyl halides is 2. The molecule has 0 aliphatic carbocycles. The van der Waals surface area contributed by atoms with Gasteiger partial charge in [-0.1, -0.05) is 36.4 Å². The van der Waals surface area contributed by atoms with E-state index in [1.807, 2.05) is 0 Å². The largest absolute Gasteiger partial charge is 0.297 e. The number of benzene rings is 2. The summed E-state index contributed by atoms with van der Waals surface area (Å²) in [4.78, 5) is 8.77. The molecule has 0 radical (unpaired) electrons. The van der Waals surface area contributed by atoms with Crippen molar-refractivity contribution < 1.29 is 13.2 Å². The first-order valence-corrected chi connectivity index (χ1v) is 8.36. The minimum atomic E-state index is -3.09. The fourth-order valence-electron chi connectivity index (χ4n) is 3.40. The van der Waals surface area contributed by atoms with E-state index in [2.05, 4.69) is 9.98 Å². The second-order valence-corrected chi connectivity index (χ2v) is 7.07. The number of pyridine rings is 1. The Hall–Kier alpha value is -2.69. The van der Waals surface area contributed by atoms with E-state index >= 15 is 0 Å². The van der Waals surface area contributed by atoms with Gasteiger partial charge in [-0.3, -0.25) is 4.99 Å². The van der Waals surface area contributed by atoms with E-state index < -0.39 is 17.3 Å². The number of para-hydroxylation sites is 1. The lowest BCUT2D eigenvalue weighted by Gasteiger charge is -2.37. The summed E-state index contributed by atoms with van der Waals surface area (Å²) in [6, 6.07) is 12.9. The van der Waals surface area contributed by atoms with Crippen molar-refractivity contribution in [3.63, 3.8) is 0 Å². The van der Waals surface area contributed by atoms with E-state index in [1.54, 1.807) is 43.3 Å². The van der Waals surface area contributed by atoms with Crippen LogP contribution in [0.15, 0.2) is 53.5 Å². The van der Waals surface area contributed by atoms with E-state index in [0.717, 1.165) is 0 Å². The zero-order valence-corrected chi connectivity index (χ0v) is 14.6. The second-order valence-electron chi connectivity index (χ2n) is 7.07. The Labute approximate surface area is 149 Å². The summed E-state index contributed by atoms with van der Waals surface area (Å²) in [5.74, 6) is -3.49. The van der Waals surface area contributed by atoms with Gasteiger partial charge in [0.1, 0.15) is 16.9 Å². The Morgan fingerprint density at radius 2 is 1.65 bits per heavy atom. The smallest absolute Gasteiger partial charge is 0.271 e. The standard InChI is InChI=1S/C21H17F3N2/c1-12-15(11-13-7-6-10-17(22)18(13)25-12)19-14-8-4-5-9-16(14)21(23,24)20(2,3)26-19/h4-11H,1-3H3. The summed E-state index contributed by atoms with van der Waals surface area (Å²) < 4.78 is 43.8. The van der Waals surface area contributed by atoms with E-state index in [9.17, 15) is 13.2 Å². The van der Waals surface area contributed by atoms with Crippen molar-refractivity contribution in [3.8, 4) is 0 Å². The number of aliphatic imine (C=N–C) groups is 1. The molecule has 4 rings (SSSR count). The van der Waals surface area contributed by atoms with Crippen LogP contribution in [0.25, 0.3) is 10.9 Å². The first-order valence-electron chi connectivity index (χ1n) is 8.36. The molecule has 5 heteroatoms. The van der Waals surface area contributed by atoms with Crippen LogP contribution in [0.4, 0.5) is 13.2 Å². The summed E-state index contributed by atoms with van der Waals surface area (Å²) in [5, 5.41) is 0.612. The van der Waals surface area contributed by atoms with Gasteiger partial charge in [0.05, 0.1) is 5.71 Å². The first-order chi connectivity index (χ1) is 12.2. The molecule has 2 aromatic carbocycles. The number of nitrogens with zero attached hydrogens (tertiary/aromatic N) is 2. The van der Waals surface area contributed by atoms with E-state index in [1.165, 1.54) is 26.0 Å². The molecule has 0 spiro atoms. The molecule has 0 saturated carbocycles. The van der Waals surface area contributed by atoms with Crippen LogP contribution >= 0.6 is 0 Å². The second kappa shape index (κ2) is 5.40. The van der Waals surface area contributed by atoms with Gasteiger partial charge in [-0.05, 0) is 32.9 Å². The maximum Gasteiger partial charge on any atom is 0.297 e. The highest BCUT2D eigenvalue weighted by Crippen LogP contribution is 2.46. The molecule has 0 fully saturated rings. The topological polar surface area (TPSA) is 25.2 Å². The average Bonchev–Trinajstić information content (AvgIpc) is 2.59. The SMILES string of the molecule is Cc1nc2c(F)cccc2cc1C1=NC(C)(C)C(F)(F)c2ccccc21. The minimum absolute atomic E-state index is 0.0475. The predicted octanol–water partition coefficient (Wildman–Crippen LogP) is 5.40. The monoisotopic (exact) mass is 354 g/mol. The quantitative estimate of drug-likeness (QED) is 0.574. The van der Waals surface area contributed by atoms with Crippen molar-refractivity contribution in [1.82, 2.24) is 4.98 Å². The van der Waals surface area contributed by atoms with E-state index in [0.29, 0.717) is 27.9 Å². The highest BCUT2D eigenvalue weighted by atomic mass is 19.3. The molecular formula is C21H17F3N2. The molecule has 1 aliphatic heterocycles. The van der Waals surface area contributed by atoms with Crippen LogP contribution in [0.3, 0.4) is 0 Å². The lowest BCUT2D eigenvalue weighted by Crippen LogP contribution is -2.44. The summed E-state index contributed by atoms with van der Waals surface area (Å²) in [7, 11) is 0. The molecule has 1 aromatic heterocycles. The number of fused-ring (bicyclic) bond motifs is 2. The van der Waals surface area contributed by atoms with Gasteiger partial charge >= 0.3 is 0 Å². The first kappa shape index (κ1) is 16.8. The van der Waals surface area contributed by atoms with Crippen molar-refractivity contribution in [2.45, 2.75) is 32.2 Å². The molecule has 0 unspecified atom stereocenters.